The van der Waals surface area contributed by atoms with Crippen molar-refractivity contribution < 1.29 is 4.39 Å². The van der Waals surface area contributed by atoms with Crippen LogP contribution < -0.4 is 0 Å². The quantitative estimate of drug-likeness (QED) is 0.749. The maximum Gasteiger partial charge on any atom is 0.256 e. The minimum absolute atomic E-state index is 0.235. The van der Waals surface area contributed by atoms with Gasteiger partial charge in [-0.15, -0.1) is 0 Å². The molecule has 1 aromatic heterocycles. The Hall–Kier alpha value is -0.930. The number of aryl methyl sites for hydroxylation is 1. The molecule has 3 nitrogen and oxygen atoms in total. The SMILES string of the molecule is CCCCn1nnc(F)c1C(C)(C)C. The van der Waals surface area contributed by atoms with Crippen LogP contribution in [0.4, 0.5) is 4.39 Å². The van der Waals surface area contributed by atoms with E-state index in [-0.39, 0.29) is 5.41 Å². The molecule has 1 rings (SSSR count). The highest BCUT2D eigenvalue weighted by atomic mass is 19.1. The zero-order valence-electron chi connectivity index (χ0n) is 9.34. The molecule has 0 aliphatic rings. The Labute approximate surface area is 84.3 Å². The van der Waals surface area contributed by atoms with Crippen molar-refractivity contribution in [2.45, 2.75) is 52.5 Å². The first-order valence-electron chi connectivity index (χ1n) is 5.06. The van der Waals surface area contributed by atoms with E-state index >= 15 is 0 Å². The van der Waals surface area contributed by atoms with Crippen molar-refractivity contribution >= 4 is 0 Å². The summed E-state index contributed by atoms with van der Waals surface area (Å²) in [5, 5.41) is 7.29. The van der Waals surface area contributed by atoms with E-state index in [1.165, 1.54) is 0 Å². The summed E-state index contributed by atoms with van der Waals surface area (Å²) in [4.78, 5) is 0. The molecular weight excluding hydrogens is 181 g/mol. The molecule has 0 aliphatic heterocycles. The van der Waals surface area contributed by atoms with Crippen molar-refractivity contribution in [2.75, 3.05) is 0 Å². The Kier molecular flexibility index (Phi) is 3.24. The highest BCUT2D eigenvalue weighted by Crippen LogP contribution is 2.23. The van der Waals surface area contributed by atoms with Crippen LogP contribution in [-0.4, -0.2) is 15.0 Å². The molecule has 1 aromatic rings. The average molecular weight is 199 g/mol. The standard InChI is InChI=1S/C10H18FN3/c1-5-6-7-14-8(10(2,3)4)9(11)12-13-14/h5-7H2,1-4H3. The molecule has 1 heterocycles. The van der Waals surface area contributed by atoms with Gasteiger partial charge in [0.05, 0.1) is 0 Å². The number of hydrogen-bond donors (Lipinski definition) is 0. The minimum Gasteiger partial charge on any atom is -0.246 e. The summed E-state index contributed by atoms with van der Waals surface area (Å²) < 4.78 is 15.0. The van der Waals surface area contributed by atoms with Crippen LogP contribution in [0, 0.1) is 5.95 Å². The number of unbranched alkanes of at least 4 members (excludes halogenated alkanes) is 1. The van der Waals surface area contributed by atoms with E-state index in [4.69, 9.17) is 0 Å². The Morgan fingerprint density at radius 3 is 2.50 bits per heavy atom. The molecule has 80 valence electrons. The van der Waals surface area contributed by atoms with E-state index in [1.54, 1.807) is 4.68 Å². The van der Waals surface area contributed by atoms with E-state index in [0.717, 1.165) is 19.4 Å². The van der Waals surface area contributed by atoms with Gasteiger partial charge in [0.2, 0.25) is 0 Å². The predicted molar refractivity (Wildman–Crippen MR) is 53.6 cm³/mol. The Morgan fingerprint density at radius 1 is 1.36 bits per heavy atom. The topological polar surface area (TPSA) is 30.7 Å². The largest absolute Gasteiger partial charge is 0.256 e. The Balaban J connectivity index is 2.95. The van der Waals surface area contributed by atoms with Crippen molar-refractivity contribution in [1.82, 2.24) is 15.0 Å². The van der Waals surface area contributed by atoms with Crippen molar-refractivity contribution in [1.29, 1.82) is 0 Å². The first-order chi connectivity index (χ1) is 6.46. The van der Waals surface area contributed by atoms with Gasteiger partial charge in [-0.2, -0.15) is 4.39 Å². The summed E-state index contributed by atoms with van der Waals surface area (Å²) >= 11 is 0. The van der Waals surface area contributed by atoms with Crippen molar-refractivity contribution in [3.05, 3.63) is 11.6 Å². The Bertz CT molecular complexity index is 299. The van der Waals surface area contributed by atoms with Crippen LogP contribution in [-0.2, 0) is 12.0 Å². The monoisotopic (exact) mass is 199 g/mol. The lowest BCUT2D eigenvalue weighted by Gasteiger charge is -2.18. The molecule has 0 radical (unpaired) electrons. The van der Waals surface area contributed by atoms with Gasteiger partial charge in [0.25, 0.3) is 5.95 Å². The summed E-state index contributed by atoms with van der Waals surface area (Å²) in [6.07, 6.45) is 2.08. The smallest absolute Gasteiger partial charge is 0.246 e. The van der Waals surface area contributed by atoms with Gasteiger partial charge in [0.15, 0.2) is 0 Å². The molecule has 0 bridgehead atoms. The first-order valence-corrected chi connectivity index (χ1v) is 5.06. The molecule has 0 fully saturated rings. The van der Waals surface area contributed by atoms with Gasteiger partial charge in [-0.05, 0) is 6.42 Å². The molecule has 0 aromatic carbocycles. The normalized spacial score (nSPS) is 12.1. The second-order valence-corrected chi connectivity index (χ2v) is 4.56. The Morgan fingerprint density at radius 2 is 2.00 bits per heavy atom. The van der Waals surface area contributed by atoms with Crippen LogP contribution >= 0.6 is 0 Å². The summed E-state index contributed by atoms with van der Waals surface area (Å²) in [5.41, 5.74) is 0.368. The van der Waals surface area contributed by atoms with Crippen LogP contribution in [0.15, 0.2) is 0 Å². The molecule has 0 spiro atoms. The van der Waals surface area contributed by atoms with E-state index in [9.17, 15) is 4.39 Å². The molecule has 0 aliphatic carbocycles. The van der Waals surface area contributed by atoms with Crippen LogP contribution in [0.2, 0.25) is 0 Å². The fourth-order valence-electron chi connectivity index (χ4n) is 1.45. The van der Waals surface area contributed by atoms with E-state index in [1.807, 2.05) is 20.8 Å². The molecule has 14 heavy (non-hydrogen) atoms. The van der Waals surface area contributed by atoms with Crippen molar-refractivity contribution in [2.24, 2.45) is 0 Å². The highest BCUT2D eigenvalue weighted by Gasteiger charge is 2.25. The maximum atomic E-state index is 13.3. The maximum absolute atomic E-state index is 13.3. The molecule has 4 heteroatoms. The van der Waals surface area contributed by atoms with Gasteiger partial charge in [-0.3, -0.25) is 0 Å². The van der Waals surface area contributed by atoms with Crippen molar-refractivity contribution in [3.8, 4) is 0 Å². The lowest BCUT2D eigenvalue weighted by Crippen LogP contribution is -2.20. The lowest BCUT2D eigenvalue weighted by molar-refractivity contribution is 0.448. The van der Waals surface area contributed by atoms with Crippen LogP contribution in [0.3, 0.4) is 0 Å². The molecule has 0 atom stereocenters. The van der Waals surface area contributed by atoms with E-state index in [2.05, 4.69) is 17.2 Å². The molecule has 0 saturated heterocycles. The summed E-state index contributed by atoms with van der Waals surface area (Å²) in [6.45, 7) is 8.76. The molecule has 0 amide bonds. The number of hydrogen-bond acceptors (Lipinski definition) is 2. The minimum atomic E-state index is -0.436. The van der Waals surface area contributed by atoms with Gasteiger partial charge >= 0.3 is 0 Å². The van der Waals surface area contributed by atoms with E-state index in [0.29, 0.717) is 5.69 Å². The second kappa shape index (κ2) is 4.07. The highest BCUT2D eigenvalue weighted by molar-refractivity contribution is 5.09. The summed E-state index contributed by atoms with van der Waals surface area (Å²) in [7, 11) is 0. The predicted octanol–water partition coefficient (Wildman–Crippen LogP) is 2.51. The third-order valence-electron chi connectivity index (χ3n) is 2.13. The number of halogens is 1. The van der Waals surface area contributed by atoms with Crippen LogP contribution in [0.25, 0.3) is 0 Å². The van der Waals surface area contributed by atoms with Gasteiger partial charge in [0.1, 0.15) is 5.69 Å². The van der Waals surface area contributed by atoms with Crippen molar-refractivity contribution in [3.63, 3.8) is 0 Å². The fourth-order valence-corrected chi connectivity index (χ4v) is 1.45. The number of rotatable bonds is 3. The van der Waals surface area contributed by atoms with Gasteiger partial charge < -0.3 is 0 Å². The summed E-state index contributed by atoms with van der Waals surface area (Å²) in [6, 6.07) is 0. The zero-order valence-corrected chi connectivity index (χ0v) is 9.34. The average Bonchev–Trinajstić information content (AvgIpc) is 2.42. The lowest BCUT2D eigenvalue weighted by atomic mass is 9.92. The first kappa shape index (κ1) is 11.1. The molecule has 0 unspecified atom stereocenters. The fraction of sp³-hybridized carbons (Fsp3) is 0.800. The van der Waals surface area contributed by atoms with E-state index < -0.39 is 5.95 Å². The second-order valence-electron chi connectivity index (χ2n) is 4.56. The van der Waals surface area contributed by atoms with Crippen LogP contribution in [0.5, 0.6) is 0 Å². The molecule has 0 saturated carbocycles. The summed E-state index contributed by atoms with van der Waals surface area (Å²) in [5.74, 6) is -0.436. The molecule has 0 N–H and O–H groups in total. The third kappa shape index (κ3) is 2.30. The van der Waals surface area contributed by atoms with Gasteiger partial charge in [-0.25, -0.2) is 4.68 Å². The molecular formula is C10H18FN3. The van der Waals surface area contributed by atoms with Gasteiger partial charge in [0, 0.05) is 12.0 Å². The van der Waals surface area contributed by atoms with Crippen LogP contribution in [0.1, 0.15) is 46.2 Å². The number of aromatic nitrogens is 3. The van der Waals surface area contributed by atoms with Gasteiger partial charge in [-0.1, -0.05) is 44.4 Å². The zero-order chi connectivity index (χ0) is 10.8. The third-order valence-corrected chi connectivity index (χ3v) is 2.13. The number of nitrogens with zero attached hydrogens (tertiary/aromatic N) is 3.